The van der Waals surface area contributed by atoms with E-state index in [1.54, 1.807) is 0 Å². The average Bonchev–Trinajstić information content (AvgIpc) is 2.52. The third-order valence-corrected chi connectivity index (χ3v) is 3.37. The molecule has 2 atom stereocenters. The van der Waals surface area contributed by atoms with Gasteiger partial charge in [0.25, 0.3) is 0 Å². The van der Waals surface area contributed by atoms with Crippen LogP contribution in [0.15, 0.2) is 12.1 Å². The quantitative estimate of drug-likeness (QED) is 0.504. The first-order valence-electron chi connectivity index (χ1n) is 6.83. The summed E-state index contributed by atoms with van der Waals surface area (Å²) < 4.78 is 10.3. The van der Waals surface area contributed by atoms with Crippen LogP contribution in [0.25, 0.3) is 0 Å². The number of methoxy groups -OCH3 is 2. The van der Waals surface area contributed by atoms with Gasteiger partial charge in [0.1, 0.15) is 23.7 Å². The van der Waals surface area contributed by atoms with E-state index in [9.17, 15) is 15.0 Å². The van der Waals surface area contributed by atoms with Crippen molar-refractivity contribution < 1.29 is 34.7 Å². The first kappa shape index (κ1) is 18.4. The van der Waals surface area contributed by atoms with Crippen molar-refractivity contribution in [3.63, 3.8) is 0 Å². The minimum Gasteiger partial charge on any atom is -0.508 e. The first-order valence-corrected chi connectivity index (χ1v) is 6.83. The monoisotopic (exact) mass is 314 g/mol. The van der Waals surface area contributed by atoms with Crippen LogP contribution in [-0.2, 0) is 16.0 Å². The molecule has 7 heteroatoms. The highest BCUT2D eigenvalue weighted by Gasteiger charge is 2.24. The summed E-state index contributed by atoms with van der Waals surface area (Å²) in [5.41, 5.74) is 0.721. The molecule has 0 saturated heterocycles. The molecule has 0 aliphatic carbocycles. The predicted octanol–water partition coefficient (Wildman–Crippen LogP) is -0.0645. The van der Waals surface area contributed by atoms with Gasteiger partial charge in [0, 0.05) is 31.6 Å². The minimum atomic E-state index is -1.22. The highest BCUT2D eigenvalue weighted by atomic mass is 16.5. The van der Waals surface area contributed by atoms with Gasteiger partial charge in [-0.2, -0.15) is 0 Å². The van der Waals surface area contributed by atoms with Gasteiger partial charge in [-0.3, -0.25) is 4.79 Å². The van der Waals surface area contributed by atoms with Crippen LogP contribution >= 0.6 is 0 Å². The van der Waals surface area contributed by atoms with E-state index in [0.717, 1.165) is 0 Å². The smallest absolute Gasteiger partial charge is 0.164 e. The van der Waals surface area contributed by atoms with Gasteiger partial charge in [-0.25, -0.2) is 0 Å². The van der Waals surface area contributed by atoms with Gasteiger partial charge in [0.15, 0.2) is 5.78 Å². The van der Waals surface area contributed by atoms with E-state index in [0.29, 0.717) is 5.56 Å². The number of aliphatic hydroxyl groups is 3. The summed E-state index contributed by atoms with van der Waals surface area (Å²) in [5.74, 6) is -0.135. The molecule has 1 aromatic carbocycles. The van der Waals surface area contributed by atoms with Crippen LogP contribution in [0.1, 0.15) is 23.7 Å². The van der Waals surface area contributed by atoms with Crippen LogP contribution in [0.3, 0.4) is 0 Å². The molecule has 22 heavy (non-hydrogen) atoms. The van der Waals surface area contributed by atoms with Crippen molar-refractivity contribution >= 4 is 5.78 Å². The van der Waals surface area contributed by atoms with Crippen LogP contribution in [-0.4, -0.2) is 59.7 Å². The first-order chi connectivity index (χ1) is 10.5. The molecule has 0 aliphatic rings. The fourth-order valence-corrected chi connectivity index (χ4v) is 2.23. The van der Waals surface area contributed by atoms with E-state index in [1.165, 1.54) is 26.4 Å². The molecule has 1 aromatic rings. The number of phenols is 1. The van der Waals surface area contributed by atoms with Crippen molar-refractivity contribution in [3.05, 3.63) is 23.3 Å². The maximum absolute atomic E-state index is 11.9. The molecule has 0 fully saturated rings. The van der Waals surface area contributed by atoms with E-state index in [-0.39, 0.29) is 42.3 Å². The van der Waals surface area contributed by atoms with Crippen molar-refractivity contribution in [1.29, 1.82) is 0 Å². The molecule has 0 radical (unpaired) electrons. The van der Waals surface area contributed by atoms with Crippen molar-refractivity contribution in [3.8, 4) is 11.5 Å². The van der Waals surface area contributed by atoms with Crippen molar-refractivity contribution in [2.24, 2.45) is 0 Å². The van der Waals surface area contributed by atoms with Crippen LogP contribution in [0.4, 0.5) is 0 Å². The van der Waals surface area contributed by atoms with E-state index in [2.05, 4.69) is 0 Å². The standard InChI is InChI=1S/C15H22O7/c1-21-14-6-9(18)5-10(13(20)8-17)11(14)7-15(22-2)12(19)3-4-16/h5-6,13,15-18,20H,3-4,7-8H2,1-2H3. The number of phenolic OH excluding ortho intramolecular Hbond substituents is 1. The second-order valence-electron chi connectivity index (χ2n) is 4.78. The second-order valence-corrected chi connectivity index (χ2v) is 4.78. The van der Waals surface area contributed by atoms with E-state index >= 15 is 0 Å². The highest BCUT2D eigenvalue weighted by molar-refractivity contribution is 5.83. The molecule has 0 spiro atoms. The molecule has 0 aromatic heterocycles. The molecular formula is C15H22O7. The molecule has 0 amide bonds. The van der Waals surface area contributed by atoms with Crippen LogP contribution in [0, 0.1) is 0 Å². The van der Waals surface area contributed by atoms with E-state index in [1.807, 2.05) is 0 Å². The third kappa shape index (κ3) is 4.41. The zero-order chi connectivity index (χ0) is 16.7. The lowest BCUT2D eigenvalue weighted by Crippen LogP contribution is -2.27. The summed E-state index contributed by atoms with van der Waals surface area (Å²) in [5, 5.41) is 37.6. The second kappa shape index (κ2) is 8.70. The number of Topliss-reactive ketones (excluding diaryl/α,β-unsaturated/α-hetero) is 1. The zero-order valence-electron chi connectivity index (χ0n) is 12.7. The Kier molecular flexibility index (Phi) is 7.26. The maximum atomic E-state index is 11.9. The van der Waals surface area contributed by atoms with Crippen molar-refractivity contribution in [2.45, 2.75) is 25.0 Å². The summed E-state index contributed by atoms with van der Waals surface area (Å²) in [7, 11) is 2.76. The molecule has 0 bridgehead atoms. The average molecular weight is 314 g/mol. The molecule has 124 valence electrons. The van der Waals surface area contributed by atoms with Crippen LogP contribution < -0.4 is 4.74 Å². The number of carbonyl (C=O) groups is 1. The molecular weight excluding hydrogens is 292 g/mol. The third-order valence-electron chi connectivity index (χ3n) is 3.37. The number of aromatic hydroxyl groups is 1. The van der Waals surface area contributed by atoms with Crippen LogP contribution in [0.2, 0.25) is 0 Å². The predicted molar refractivity (Wildman–Crippen MR) is 77.9 cm³/mol. The van der Waals surface area contributed by atoms with Gasteiger partial charge in [-0.15, -0.1) is 0 Å². The molecule has 2 unspecified atom stereocenters. The van der Waals surface area contributed by atoms with Gasteiger partial charge in [-0.1, -0.05) is 0 Å². The van der Waals surface area contributed by atoms with E-state index < -0.39 is 18.8 Å². The summed E-state index contributed by atoms with van der Waals surface area (Å²) in [4.78, 5) is 11.9. The van der Waals surface area contributed by atoms with Crippen molar-refractivity contribution in [2.75, 3.05) is 27.4 Å². The van der Waals surface area contributed by atoms with Crippen molar-refractivity contribution in [1.82, 2.24) is 0 Å². The topological polar surface area (TPSA) is 116 Å². The Hall–Kier alpha value is -1.67. The normalized spacial score (nSPS) is 13.7. The van der Waals surface area contributed by atoms with Gasteiger partial charge in [0.05, 0.1) is 20.3 Å². The van der Waals surface area contributed by atoms with Gasteiger partial charge >= 0.3 is 0 Å². The fraction of sp³-hybridized carbons (Fsp3) is 0.533. The summed E-state index contributed by atoms with van der Waals surface area (Å²) >= 11 is 0. The van der Waals surface area contributed by atoms with Crippen LogP contribution in [0.5, 0.6) is 11.5 Å². The lowest BCUT2D eigenvalue weighted by molar-refractivity contribution is -0.129. The Bertz CT molecular complexity index is 501. The largest absolute Gasteiger partial charge is 0.508 e. The number of carbonyl (C=O) groups excluding carboxylic acids is 1. The molecule has 7 nitrogen and oxygen atoms in total. The summed E-state index contributed by atoms with van der Waals surface area (Å²) in [6.07, 6.45) is -2.00. The number of hydrogen-bond acceptors (Lipinski definition) is 7. The Morgan fingerprint density at radius 1 is 1.27 bits per heavy atom. The molecule has 0 heterocycles. The SMILES string of the molecule is COc1cc(O)cc(C(O)CO)c1CC(OC)C(=O)CCO. The molecule has 0 saturated carbocycles. The van der Waals surface area contributed by atoms with Gasteiger partial charge in [0.2, 0.25) is 0 Å². The molecule has 0 aliphatic heterocycles. The number of hydrogen-bond donors (Lipinski definition) is 4. The lowest BCUT2D eigenvalue weighted by Gasteiger charge is -2.21. The number of benzene rings is 1. The Labute approximate surface area is 128 Å². The Morgan fingerprint density at radius 2 is 1.95 bits per heavy atom. The number of ether oxygens (including phenoxy) is 2. The summed E-state index contributed by atoms with van der Waals surface area (Å²) in [6, 6.07) is 2.66. The Balaban J connectivity index is 3.22. The number of aliphatic hydroxyl groups excluding tert-OH is 3. The Morgan fingerprint density at radius 3 is 2.45 bits per heavy atom. The van der Waals surface area contributed by atoms with E-state index in [4.69, 9.17) is 19.7 Å². The minimum absolute atomic E-state index is 0.0448. The van der Waals surface area contributed by atoms with Gasteiger partial charge < -0.3 is 29.9 Å². The summed E-state index contributed by atoms with van der Waals surface area (Å²) in [6.45, 7) is -0.820. The zero-order valence-corrected chi connectivity index (χ0v) is 12.7. The maximum Gasteiger partial charge on any atom is 0.164 e. The fourth-order valence-electron chi connectivity index (χ4n) is 2.23. The number of rotatable bonds is 9. The highest BCUT2D eigenvalue weighted by Crippen LogP contribution is 2.33. The van der Waals surface area contributed by atoms with Gasteiger partial charge in [-0.05, 0) is 11.6 Å². The lowest BCUT2D eigenvalue weighted by atomic mass is 9.94. The number of ketones is 1. The molecule has 4 N–H and O–H groups in total. The molecule has 1 rings (SSSR count).